The Morgan fingerprint density at radius 2 is 0.778 bits per heavy atom. The molecule has 0 aliphatic heterocycles. The molecule has 0 radical (unpaired) electrons. The molecular formula is C40H70O4S. The van der Waals surface area contributed by atoms with Crippen LogP contribution in [0, 0.1) is 0 Å². The average Bonchev–Trinajstić information content (AvgIpc) is 3.01. The van der Waals surface area contributed by atoms with E-state index >= 15 is 0 Å². The summed E-state index contributed by atoms with van der Waals surface area (Å²) in [6, 6.07) is 14.0. The summed E-state index contributed by atoms with van der Waals surface area (Å²) in [4.78, 5) is 0. The fraction of sp³-hybridized carbons (Fsp3) is 0.750. The van der Waals surface area contributed by atoms with E-state index in [-0.39, 0.29) is 0 Å². The summed E-state index contributed by atoms with van der Waals surface area (Å²) in [5.74, 6) is 0. The van der Waals surface area contributed by atoms with Crippen molar-refractivity contribution in [1.82, 2.24) is 0 Å². The van der Waals surface area contributed by atoms with Gasteiger partial charge in [-0.2, -0.15) is 8.42 Å². The molecule has 0 heterocycles. The van der Waals surface area contributed by atoms with Crippen LogP contribution < -0.4 is 0 Å². The minimum absolute atomic E-state index is 1.27. The Labute approximate surface area is 279 Å². The van der Waals surface area contributed by atoms with Crippen molar-refractivity contribution in [2.45, 2.75) is 194 Å². The first-order valence-electron chi connectivity index (χ1n) is 19.1. The van der Waals surface area contributed by atoms with Crippen LogP contribution in [0.15, 0.2) is 36.4 Å². The van der Waals surface area contributed by atoms with E-state index in [1.165, 1.54) is 191 Å². The van der Waals surface area contributed by atoms with Crippen molar-refractivity contribution >= 4 is 21.2 Å². The molecule has 0 saturated heterocycles. The van der Waals surface area contributed by atoms with Crippen LogP contribution in [0.4, 0.5) is 0 Å². The molecule has 0 amide bonds. The monoisotopic (exact) mass is 646 g/mol. The van der Waals surface area contributed by atoms with Crippen molar-refractivity contribution in [3.8, 4) is 0 Å². The quantitative estimate of drug-likeness (QED) is 0.0712. The Bertz CT molecular complexity index is 1040. The van der Waals surface area contributed by atoms with Crippen molar-refractivity contribution in [3.05, 3.63) is 47.5 Å². The van der Waals surface area contributed by atoms with Gasteiger partial charge in [0.05, 0.1) is 0 Å². The predicted octanol–water partition coefficient (Wildman–Crippen LogP) is 13.5. The van der Waals surface area contributed by atoms with Gasteiger partial charge in [-0.25, -0.2) is 0 Å². The van der Waals surface area contributed by atoms with E-state index in [4.69, 9.17) is 17.5 Å². The van der Waals surface area contributed by atoms with Gasteiger partial charge in [-0.3, -0.25) is 9.11 Å². The van der Waals surface area contributed by atoms with E-state index in [2.05, 4.69) is 50.2 Å². The second-order valence-electron chi connectivity index (χ2n) is 13.4. The van der Waals surface area contributed by atoms with Gasteiger partial charge in [0.2, 0.25) is 0 Å². The summed E-state index contributed by atoms with van der Waals surface area (Å²) in [6.45, 7) is 4.61. The predicted molar refractivity (Wildman–Crippen MR) is 197 cm³/mol. The Morgan fingerprint density at radius 3 is 1.18 bits per heavy atom. The normalized spacial score (nSPS) is 11.6. The molecule has 2 aromatic carbocycles. The van der Waals surface area contributed by atoms with Crippen LogP contribution in [0.1, 0.15) is 192 Å². The van der Waals surface area contributed by atoms with Gasteiger partial charge in [0.25, 0.3) is 0 Å². The van der Waals surface area contributed by atoms with Crippen LogP contribution in [-0.4, -0.2) is 17.5 Å². The van der Waals surface area contributed by atoms with Gasteiger partial charge < -0.3 is 0 Å². The van der Waals surface area contributed by atoms with Gasteiger partial charge in [0.1, 0.15) is 0 Å². The number of hydrogen-bond donors (Lipinski definition) is 2. The molecule has 45 heavy (non-hydrogen) atoms. The van der Waals surface area contributed by atoms with E-state index in [1.54, 1.807) is 11.1 Å². The molecule has 0 fully saturated rings. The molecule has 0 bridgehead atoms. The number of fused-ring (bicyclic) bond motifs is 1. The smallest absolute Gasteiger partial charge is 0.264 e. The van der Waals surface area contributed by atoms with Crippen LogP contribution in [0.25, 0.3) is 10.8 Å². The second-order valence-corrected chi connectivity index (χ2v) is 14.3. The van der Waals surface area contributed by atoms with Gasteiger partial charge in [-0.1, -0.05) is 204 Å². The lowest BCUT2D eigenvalue weighted by Crippen LogP contribution is -1.97. The third kappa shape index (κ3) is 25.4. The molecule has 2 N–H and O–H groups in total. The molecule has 2 aromatic rings. The zero-order valence-corrected chi connectivity index (χ0v) is 30.2. The number of unbranched alkanes of at least 4 members (excludes halogenated alkanes) is 24. The van der Waals surface area contributed by atoms with Gasteiger partial charge >= 0.3 is 10.4 Å². The highest BCUT2D eigenvalue weighted by atomic mass is 32.3. The van der Waals surface area contributed by atoms with Gasteiger partial charge in [0, 0.05) is 0 Å². The largest absolute Gasteiger partial charge is 0.394 e. The Morgan fingerprint density at radius 1 is 0.444 bits per heavy atom. The zero-order chi connectivity index (χ0) is 32.9. The Balaban J connectivity index is 0.00000187. The van der Waals surface area contributed by atoms with Crippen molar-refractivity contribution in [2.75, 3.05) is 0 Å². The fourth-order valence-electron chi connectivity index (χ4n) is 6.56. The molecule has 0 aromatic heterocycles. The summed E-state index contributed by atoms with van der Waals surface area (Å²) >= 11 is 0. The number of aryl methyl sites for hydroxylation is 2. The van der Waals surface area contributed by atoms with Crippen LogP contribution in [0.5, 0.6) is 0 Å². The average molecular weight is 647 g/mol. The highest BCUT2D eigenvalue weighted by Crippen LogP contribution is 2.26. The maximum atomic E-state index is 8.74. The molecule has 2 rings (SSSR count). The molecule has 4 nitrogen and oxygen atoms in total. The number of rotatable bonds is 28. The standard InChI is InChI=1S/C40H68.H2O4S/c1-3-5-7-9-11-13-15-17-19-21-23-25-27-31-37-35-36-38-32-29-30-34-40(38)39(37)33-28-26-24-22-20-18-16-14-12-10-8-6-4-2;1-5(2,3)4/h29-30,32,34-36H,3-28,31,33H2,1-2H3;(H2,1,2,3,4). The second kappa shape index (κ2) is 28.8. The third-order valence-electron chi connectivity index (χ3n) is 9.22. The molecule has 0 aliphatic carbocycles. The lowest BCUT2D eigenvalue weighted by atomic mass is 9.91. The lowest BCUT2D eigenvalue weighted by molar-refractivity contribution is 0.381. The third-order valence-corrected chi connectivity index (χ3v) is 9.22. The van der Waals surface area contributed by atoms with E-state index in [0.29, 0.717) is 0 Å². The van der Waals surface area contributed by atoms with E-state index in [1.807, 2.05) is 0 Å². The minimum Gasteiger partial charge on any atom is -0.264 e. The van der Waals surface area contributed by atoms with Crippen molar-refractivity contribution in [1.29, 1.82) is 0 Å². The van der Waals surface area contributed by atoms with Gasteiger partial charge in [-0.05, 0) is 47.6 Å². The summed E-state index contributed by atoms with van der Waals surface area (Å²) in [7, 11) is -4.67. The first kappa shape index (κ1) is 41.6. The molecule has 0 aliphatic rings. The first-order valence-corrected chi connectivity index (χ1v) is 20.5. The number of hydrogen-bond acceptors (Lipinski definition) is 2. The van der Waals surface area contributed by atoms with Crippen LogP contribution >= 0.6 is 0 Å². The Hall–Kier alpha value is -1.43. The maximum absolute atomic E-state index is 8.74. The van der Waals surface area contributed by atoms with Gasteiger partial charge in [0.15, 0.2) is 0 Å². The number of benzene rings is 2. The molecule has 5 heteroatoms. The summed E-state index contributed by atoms with van der Waals surface area (Å²) in [5, 5.41) is 2.95. The van der Waals surface area contributed by atoms with E-state index in [0.717, 1.165) is 0 Å². The molecule has 0 atom stereocenters. The molecule has 0 unspecified atom stereocenters. The van der Waals surface area contributed by atoms with Crippen molar-refractivity contribution in [3.63, 3.8) is 0 Å². The molecule has 0 saturated carbocycles. The SMILES string of the molecule is CCCCCCCCCCCCCCCc1ccc2ccccc2c1CCCCCCCCCCCCCCC.O=S(=O)(O)O. The first-order chi connectivity index (χ1) is 21.9. The van der Waals surface area contributed by atoms with E-state index < -0.39 is 10.4 Å². The van der Waals surface area contributed by atoms with E-state index in [9.17, 15) is 0 Å². The maximum Gasteiger partial charge on any atom is 0.394 e. The van der Waals surface area contributed by atoms with Crippen LogP contribution in [-0.2, 0) is 23.2 Å². The van der Waals surface area contributed by atoms with Crippen LogP contribution in [0.2, 0.25) is 0 Å². The fourth-order valence-corrected chi connectivity index (χ4v) is 6.56. The highest BCUT2D eigenvalue weighted by molar-refractivity contribution is 7.79. The molecule has 260 valence electrons. The zero-order valence-electron chi connectivity index (χ0n) is 29.4. The highest BCUT2D eigenvalue weighted by Gasteiger charge is 2.08. The molecule has 0 spiro atoms. The summed E-state index contributed by atoms with van der Waals surface area (Å²) < 4.78 is 31.6. The molecular weight excluding hydrogens is 577 g/mol. The van der Waals surface area contributed by atoms with Crippen molar-refractivity contribution in [2.24, 2.45) is 0 Å². The van der Waals surface area contributed by atoms with Crippen LogP contribution in [0.3, 0.4) is 0 Å². The summed E-state index contributed by atoms with van der Waals surface area (Å²) in [5.41, 5.74) is 3.31. The lowest BCUT2D eigenvalue weighted by Gasteiger charge is -2.14. The minimum atomic E-state index is -4.67. The topological polar surface area (TPSA) is 74.6 Å². The summed E-state index contributed by atoms with van der Waals surface area (Å²) in [6.07, 6.45) is 39.8. The van der Waals surface area contributed by atoms with Crippen molar-refractivity contribution < 1.29 is 17.5 Å². The van der Waals surface area contributed by atoms with Gasteiger partial charge in [-0.15, -0.1) is 0 Å². The Kier molecular flexibility index (Phi) is 26.6.